The van der Waals surface area contributed by atoms with Crippen molar-refractivity contribution in [2.24, 2.45) is 0 Å². The standard InChI is InChI=1S/C21H13ClN4S.C20H12ClN3O/c22-16-4-5-19-17(10-16)18(13-26-19)14(11-23)9-15-12-24-8-6-20(15)27-21-3-1-2-7-25-21;21-16-1-2-20-18(8-16)19(11-24-20)14(9-22)7-15-10-23-5-3-17(15)13-4-6-25-12-13/h1-10,12-13,26H;1-8,10-12,24H. The Kier molecular flexibility index (Phi) is 10.3. The quantitative estimate of drug-likeness (QED) is 0.156. The minimum absolute atomic E-state index is 0.534. The number of fused-ring (bicyclic) bond motifs is 2. The number of nitrogens with one attached hydrogen (secondary N) is 2. The molecule has 6 heterocycles. The smallest absolute Gasteiger partial charge is 0.101 e. The van der Waals surface area contributed by atoms with Crippen molar-refractivity contribution in [3.8, 4) is 23.3 Å². The van der Waals surface area contributed by atoms with Gasteiger partial charge in [0.2, 0.25) is 0 Å². The van der Waals surface area contributed by atoms with Crippen molar-refractivity contribution in [1.29, 1.82) is 10.5 Å². The molecule has 11 heteroatoms. The lowest BCUT2D eigenvalue weighted by atomic mass is 9.99. The highest BCUT2D eigenvalue weighted by Gasteiger charge is 2.13. The molecule has 0 saturated carbocycles. The number of nitrogens with zero attached hydrogens (tertiary/aromatic N) is 5. The summed E-state index contributed by atoms with van der Waals surface area (Å²) in [4.78, 5) is 20.1. The zero-order valence-electron chi connectivity index (χ0n) is 27.1. The van der Waals surface area contributed by atoms with Crippen LogP contribution in [0.3, 0.4) is 0 Å². The minimum Gasteiger partial charge on any atom is -0.472 e. The largest absolute Gasteiger partial charge is 0.472 e. The molecule has 0 fully saturated rings. The molecular formula is C41H25Cl2N7OS. The van der Waals surface area contributed by atoms with Gasteiger partial charge in [0.05, 0.1) is 35.8 Å². The van der Waals surface area contributed by atoms with Gasteiger partial charge in [0.25, 0.3) is 0 Å². The normalized spacial score (nSPS) is 11.5. The molecular weight excluding hydrogens is 709 g/mol. The van der Waals surface area contributed by atoms with Gasteiger partial charge in [-0.25, -0.2) is 4.98 Å². The lowest BCUT2D eigenvalue weighted by Gasteiger charge is -2.05. The van der Waals surface area contributed by atoms with Gasteiger partial charge in [0.1, 0.15) is 5.03 Å². The highest BCUT2D eigenvalue weighted by atomic mass is 35.5. The first-order chi connectivity index (χ1) is 25.5. The van der Waals surface area contributed by atoms with Gasteiger partial charge in [0.15, 0.2) is 0 Å². The molecule has 8 rings (SSSR count). The molecule has 0 spiro atoms. The number of rotatable bonds is 7. The maximum absolute atomic E-state index is 9.76. The molecule has 0 aliphatic rings. The van der Waals surface area contributed by atoms with Crippen LogP contribution in [0.2, 0.25) is 10.0 Å². The van der Waals surface area contributed by atoms with Crippen molar-refractivity contribution >= 4 is 80.1 Å². The van der Waals surface area contributed by atoms with Crippen LogP contribution in [0.4, 0.5) is 0 Å². The maximum atomic E-state index is 9.76. The number of nitriles is 2. The maximum Gasteiger partial charge on any atom is 0.101 e. The second kappa shape index (κ2) is 15.7. The Morgan fingerprint density at radius 3 is 1.96 bits per heavy atom. The molecule has 0 radical (unpaired) electrons. The van der Waals surface area contributed by atoms with E-state index < -0.39 is 0 Å². The molecule has 8 nitrogen and oxygen atoms in total. The second-order valence-electron chi connectivity index (χ2n) is 11.3. The molecule has 2 aromatic carbocycles. The number of hydrogen-bond acceptors (Lipinski definition) is 7. The van der Waals surface area contributed by atoms with Crippen LogP contribution < -0.4 is 0 Å². The topological polar surface area (TPSA) is 131 Å². The second-order valence-corrected chi connectivity index (χ2v) is 13.2. The number of furan rings is 1. The predicted molar refractivity (Wildman–Crippen MR) is 208 cm³/mol. The van der Waals surface area contributed by atoms with Gasteiger partial charge < -0.3 is 14.4 Å². The summed E-state index contributed by atoms with van der Waals surface area (Å²) in [5.41, 5.74) is 8.16. The summed E-state index contributed by atoms with van der Waals surface area (Å²) in [6.45, 7) is 0. The minimum atomic E-state index is 0.534. The summed E-state index contributed by atoms with van der Waals surface area (Å²) in [5.74, 6) is 0. The van der Waals surface area contributed by atoms with Crippen molar-refractivity contribution in [1.82, 2.24) is 24.9 Å². The number of aromatic nitrogens is 5. The average Bonchev–Trinajstić information content (AvgIpc) is 3.95. The van der Waals surface area contributed by atoms with E-state index in [0.717, 1.165) is 65.1 Å². The van der Waals surface area contributed by atoms with Crippen molar-refractivity contribution < 1.29 is 4.42 Å². The number of benzene rings is 2. The Labute approximate surface area is 312 Å². The van der Waals surface area contributed by atoms with Crippen molar-refractivity contribution in [2.75, 3.05) is 0 Å². The van der Waals surface area contributed by atoms with E-state index in [1.54, 1.807) is 43.5 Å². The molecule has 0 saturated heterocycles. The van der Waals surface area contributed by atoms with E-state index in [0.29, 0.717) is 21.2 Å². The summed E-state index contributed by atoms with van der Waals surface area (Å²) >= 11 is 13.8. The first-order valence-electron chi connectivity index (χ1n) is 15.8. The monoisotopic (exact) mass is 733 g/mol. The van der Waals surface area contributed by atoms with Crippen LogP contribution in [0, 0.1) is 22.7 Å². The first kappa shape index (κ1) is 34.1. The van der Waals surface area contributed by atoms with E-state index in [1.807, 2.05) is 97.3 Å². The lowest BCUT2D eigenvalue weighted by Crippen LogP contribution is -1.86. The Morgan fingerprint density at radius 1 is 0.731 bits per heavy atom. The third-order valence-electron chi connectivity index (χ3n) is 8.05. The van der Waals surface area contributed by atoms with Crippen LogP contribution in [0.25, 0.3) is 56.2 Å². The van der Waals surface area contributed by atoms with Gasteiger partial charge in [-0.3, -0.25) is 9.97 Å². The fourth-order valence-electron chi connectivity index (χ4n) is 5.60. The molecule has 0 unspecified atom stereocenters. The third kappa shape index (κ3) is 7.53. The summed E-state index contributed by atoms with van der Waals surface area (Å²) in [6, 6.07) is 27.2. The average molecular weight is 735 g/mol. The lowest BCUT2D eigenvalue weighted by molar-refractivity contribution is 0.568. The number of allylic oxidation sites excluding steroid dienone is 2. The van der Waals surface area contributed by atoms with E-state index in [2.05, 4.69) is 37.1 Å². The number of hydrogen-bond donors (Lipinski definition) is 2. The number of halogens is 2. The molecule has 0 aliphatic carbocycles. The van der Waals surface area contributed by atoms with E-state index in [9.17, 15) is 10.5 Å². The van der Waals surface area contributed by atoms with Gasteiger partial charge in [-0.15, -0.1) is 0 Å². The SMILES string of the molecule is N#CC(=Cc1cnccc1-c1ccoc1)c1c[nH]c2ccc(Cl)cc12.N#CC(=Cc1cnccc1Sc1ccccn1)c1c[nH]c2ccc(Cl)cc12. The molecule has 8 aromatic rings. The van der Waals surface area contributed by atoms with Crippen LogP contribution >= 0.6 is 35.0 Å². The van der Waals surface area contributed by atoms with Gasteiger partial charge >= 0.3 is 0 Å². The zero-order valence-corrected chi connectivity index (χ0v) is 29.4. The fourth-order valence-corrected chi connectivity index (χ4v) is 6.79. The summed E-state index contributed by atoms with van der Waals surface area (Å²) in [6.07, 6.45) is 19.3. The highest BCUT2D eigenvalue weighted by molar-refractivity contribution is 7.99. The zero-order chi connectivity index (χ0) is 35.9. The molecule has 0 amide bonds. The molecule has 0 aliphatic heterocycles. The number of H-pyrrole nitrogens is 2. The van der Waals surface area contributed by atoms with Crippen LogP contribution in [-0.4, -0.2) is 24.9 Å². The van der Waals surface area contributed by atoms with Crippen LogP contribution in [0.15, 0.2) is 143 Å². The Hall–Kier alpha value is -6.36. The molecule has 52 heavy (non-hydrogen) atoms. The predicted octanol–water partition coefficient (Wildman–Crippen LogP) is 11.4. The van der Waals surface area contributed by atoms with Crippen molar-refractivity contribution in [2.45, 2.75) is 9.92 Å². The first-order valence-corrected chi connectivity index (χ1v) is 17.3. The summed E-state index contributed by atoms with van der Waals surface area (Å²) < 4.78 is 5.17. The summed E-state index contributed by atoms with van der Waals surface area (Å²) in [5, 5.41) is 23.4. The Morgan fingerprint density at radius 2 is 1.37 bits per heavy atom. The third-order valence-corrected chi connectivity index (χ3v) is 9.57. The Bertz CT molecular complexity index is 2670. The van der Waals surface area contributed by atoms with Crippen LogP contribution in [-0.2, 0) is 0 Å². The molecule has 6 aromatic heterocycles. The highest BCUT2D eigenvalue weighted by Crippen LogP contribution is 2.34. The number of aromatic amines is 2. The van der Waals surface area contributed by atoms with E-state index in [1.165, 1.54) is 11.8 Å². The van der Waals surface area contributed by atoms with Crippen LogP contribution in [0.5, 0.6) is 0 Å². The molecule has 0 bridgehead atoms. The van der Waals surface area contributed by atoms with Gasteiger partial charge in [-0.05, 0) is 84.4 Å². The Balaban J connectivity index is 0.000000162. The summed E-state index contributed by atoms with van der Waals surface area (Å²) in [7, 11) is 0. The van der Waals surface area contributed by atoms with Gasteiger partial charge in [-0.2, -0.15) is 10.5 Å². The van der Waals surface area contributed by atoms with E-state index >= 15 is 0 Å². The molecule has 2 N–H and O–H groups in total. The van der Waals surface area contributed by atoms with Crippen LogP contribution in [0.1, 0.15) is 22.3 Å². The number of pyridine rings is 3. The molecule has 250 valence electrons. The van der Waals surface area contributed by atoms with Crippen molar-refractivity contribution in [3.05, 3.63) is 161 Å². The molecule has 0 atom stereocenters. The van der Waals surface area contributed by atoms with E-state index in [4.69, 9.17) is 27.6 Å². The van der Waals surface area contributed by atoms with Gasteiger partial charge in [0, 0.05) is 108 Å². The van der Waals surface area contributed by atoms with Crippen molar-refractivity contribution in [3.63, 3.8) is 0 Å². The van der Waals surface area contributed by atoms with E-state index in [-0.39, 0.29) is 0 Å². The fraction of sp³-hybridized carbons (Fsp3) is 0. The van der Waals surface area contributed by atoms with Gasteiger partial charge in [-0.1, -0.05) is 41.0 Å².